The van der Waals surface area contributed by atoms with Crippen LogP contribution in [0.15, 0.2) is 41.3 Å². The number of aromatic nitrogens is 2. The molecule has 0 aliphatic carbocycles. The maximum absolute atomic E-state index is 6.00. The van der Waals surface area contributed by atoms with E-state index in [1.54, 1.807) is 19.6 Å². The van der Waals surface area contributed by atoms with Crippen LogP contribution in [-0.2, 0) is 0 Å². The molecule has 0 aliphatic heterocycles. The molecule has 0 atom stereocenters. The summed E-state index contributed by atoms with van der Waals surface area (Å²) < 4.78 is 16.7. The number of hydrogen-bond donors (Lipinski definition) is 2. The van der Waals surface area contributed by atoms with Crippen LogP contribution in [0, 0.1) is 0 Å². The molecule has 0 saturated carbocycles. The van der Waals surface area contributed by atoms with Crippen LogP contribution in [0.25, 0.3) is 11.1 Å². The van der Waals surface area contributed by atoms with E-state index in [0.717, 1.165) is 22.4 Å². The first kappa shape index (κ1) is 16.6. The second-order valence-corrected chi connectivity index (χ2v) is 5.84. The minimum atomic E-state index is 0.0998. The Morgan fingerprint density at radius 1 is 1.12 bits per heavy atom. The second kappa shape index (κ2) is 6.72. The largest absolute Gasteiger partial charge is 0.496 e. The predicted molar refractivity (Wildman–Crippen MR) is 95.7 cm³/mol. The number of methoxy groups -OCH3 is 1. The molecule has 25 heavy (non-hydrogen) atoms. The fraction of sp³-hybridized carbons (Fsp3) is 0.222. The number of ether oxygens (including phenoxy) is 2. The highest BCUT2D eigenvalue weighted by molar-refractivity contribution is 5.73. The SMILES string of the molecule is COc1cc(C(C)C)c(Oc2cnc(N)nc2N)cc1-c1ccoc1. The minimum Gasteiger partial charge on any atom is -0.496 e. The number of nitrogens with two attached hydrogens (primary N) is 2. The summed E-state index contributed by atoms with van der Waals surface area (Å²) in [4.78, 5) is 7.87. The molecule has 2 heterocycles. The van der Waals surface area contributed by atoms with Gasteiger partial charge < -0.3 is 25.4 Å². The van der Waals surface area contributed by atoms with Gasteiger partial charge in [0.05, 0.1) is 25.8 Å². The number of hydrogen-bond acceptors (Lipinski definition) is 7. The van der Waals surface area contributed by atoms with Crippen LogP contribution in [0.2, 0.25) is 0 Å². The Bertz CT molecular complexity index is 876. The fourth-order valence-corrected chi connectivity index (χ4v) is 2.52. The summed E-state index contributed by atoms with van der Waals surface area (Å²) in [6, 6.07) is 5.71. The predicted octanol–water partition coefficient (Wildman–Crippen LogP) is 3.83. The zero-order valence-corrected chi connectivity index (χ0v) is 14.3. The molecule has 130 valence electrons. The lowest BCUT2D eigenvalue weighted by Gasteiger charge is -2.18. The zero-order chi connectivity index (χ0) is 18.0. The lowest BCUT2D eigenvalue weighted by molar-refractivity contribution is 0.412. The van der Waals surface area contributed by atoms with Crippen molar-refractivity contribution in [1.29, 1.82) is 0 Å². The summed E-state index contributed by atoms with van der Waals surface area (Å²) in [6.45, 7) is 4.14. The van der Waals surface area contributed by atoms with E-state index in [1.165, 1.54) is 6.20 Å². The molecule has 1 aromatic carbocycles. The molecule has 7 heteroatoms. The number of nitrogen functional groups attached to an aromatic ring is 2. The molecule has 0 radical (unpaired) electrons. The van der Waals surface area contributed by atoms with Crippen molar-refractivity contribution in [3.63, 3.8) is 0 Å². The van der Waals surface area contributed by atoms with Crippen LogP contribution in [0.3, 0.4) is 0 Å². The van der Waals surface area contributed by atoms with Crippen molar-refractivity contribution in [2.75, 3.05) is 18.6 Å². The van der Waals surface area contributed by atoms with Gasteiger partial charge in [-0.15, -0.1) is 0 Å². The molecule has 4 N–H and O–H groups in total. The molecular weight excluding hydrogens is 320 g/mol. The summed E-state index contributed by atoms with van der Waals surface area (Å²) in [5.41, 5.74) is 14.1. The molecule has 3 aromatic rings. The van der Waals surface area contributed by atoms with E-state index in [9.17, 15) is 0 Å². The zero-order valence-electron chi connectivity index (χ0n) is 14.3. The third kappa shape index (κ3) is 3.35. The number of nitrogens with zero attached hydrogens (tertiary/aromatic N) is 2. The molecule has 0 aliphatic rings. The summed E-state index contributed by atoms with van der Waals surface area (Å²) >= 11 is 0. The van der Waals surface area contributed by atoms with Gasteiger partial charge in [-0.05, 0) is 24.1 Å². The molecule has 0 fully saturated rings. The Balaban J connectivity index is 2.11. The number of anilines is 2. The number of furan rings is 1. The summed E-state index contributed by atoms with van der Waals surface area (Å²) in [5, 5.41) is 0. The second-order valence-electron chi connectivity index (χ2n) is 5.84. The lowest BCUT2D eigenvalue weighted by atomic mass is 9.97. The number of rotatable bonds is 5. The highest BCUT2D eigenvalue weighted by Crippen LogP contribution is 2.41. The molecular formula is C18H20N4O3. The van der Waals surface area contributed by atoms with Gasteiger partial charge in [-0.3, -0.25) is 0 Å². The third-order valence-electron chi connectivity index (χ3n) is 3.81. The fourth-order valence-electron chi connectivity index (χ4n) is 2.52. The highest BCUT2D eigenvalue weighted by atomic mass is 16.5. The smallest absolute Gasteiger partial charge is 0.222 e. The molecule has 0 amide bonds. The molecule has 2 aromatic heterocycles. The average Bonchev–Trinajstić information content (AvgIpc) is 3.11. The summed E-state index contributed by atoms with van der Waals surface area (Å²) in [7, 11) is 1.63. The van der Waals surface area contributed by atoms with Crippen LogP contribution in [0.4, 0.5) is 11.8 Å². The van der Waals surface area contributed by atoms with Crippen molar-refractivity contribution in [2.45, 2.75) is 19.8 Å². The maximum atomic E-state index is 6.00. The Morgan fingerprint density at radius 3 is 2.52 bits per heavy atom. The van der Waals surface area contributed by atoms with E-state index >= 15 is 0 Å². The van der Waals surface area contributed by atoms with Gasteiger partial charge in [0, 0.05) is 16.7 Å². The van der Waals surface area contributed by atoms with Crippen LogP contribution in [0.5, 0.6) is 17.2 Å². The van der Waals surface area contributed by atoms with Crippen LogP contribution in [0.1, 0.15) is 25.3 Å². The van der Waals surface area contributed by atoms with Crippen molar-refractivity contribution < 1.29 is 13.9 Å². The van der Waals surface area contributed by atoms with Gasteiger partial charge in [0.15, 0.2) is 11.6 Å². The molecule has 0 saturated heterocycles. The first-order valence-corrected chi connectivity index (χ1v) is 7.80. The Kier molecular flexibility index (Phi) is 4.47. The van der Waals surface area contributed by atoms with Crippen LogP contribution >= 0.6 is 0 Å². The van der Waals surface area contributed by atoms with Gasteiger partial charge in [0.1, 0.15) is 11.5 Å². The Labute approximate surface area is 145 Å². The summed E-state index contributed by atoms with van der Waals surface area (Å²) in [6.07, 6.45) is 4.72. The Hall–Kier alpha value is -3.22. The highest BCUT2D eigenvalue weighted by Gasteiger charge is 2.18. The van der Waals surface area contributed by atoms with Crippen molar-refractivity contribution >= 4 is 11.8 Å². The van der Waals surface area contributed by atoms with Gasteiger partial charge in [-0.1, -0.05) is 13.8 Å². The van der Waals surface area contributed by atoms with Crippen molar-refractivity contribution in [1.82, 2.24) is 9.97 Å². The van der Waals surface area contributed by atoms with E-state index in [0.29, 0.717) is 11.5 Å². The van der Waals surface area contributed by atoms with Gasteiger partial charge >= 0.3 is 0 Å². The van der Waals surface area contributed by atoms with Gasteiger partial charge in [-0.25, -0.2) is 4.98 Å². The molecule has 0 bridgehead atoms. The summed E-state index contributed by atoms with van der Waals surface area (Å²) in [5.74, 6) is 2.22. The van der Waals surface area contributed by atoms with E-state index in [2.05, 4.69) is 23.8 Å². The molecule has 3 rings (SSSR count). The quantitative estimate of drug-likeness (QED) is 0.726. The standard InChI is InChI=1S/C18H20N4O3/c1-10(2)12-6-14(23-3)13(11-4-5-24-9-11)7-15(12)25-16-8-21-18(20)22-17(16)19/h4-10H,1-3H3,(H4,19,20,21,22). The third-order valence-corrected chi connectivity index (χ3v) is 3.81. The van der Waals surface area contributed by atoms with Crippen LogP contribution < -0.4 is 20.9 Å². The maximum Gasteiger partial charge on any atom is 0.222 e. The lowest BCUT2D eigenvalue weighted by Crippen LogP contribution is -2.03. The van der Waals surface area contributed by atoms with E-state index in [1.807, 2.05) is 18.2 Å². The van der Waals surface area contributed by atoms with Crippen molar-refractivity contribution in [2.24, 2.45) is 0 Å². The van der Waals surface area contributed by atoms with Gasteiger partial charge in [0.2, 0.25) is 5.95 Å². The number of benzene rings is 1. The minimum absolute atomic E-state index is 0.0998. The topological polar surface area (TPSA) is 109 Å². The van der Waals surface area contributed by atoms with Gasteiger partial charge in [0.25, 0.3) is 0 Å². The first-order chi connectivity index (χ1) is 12.0. The van der Waals surface area contributed by atoms with Crippen molar-refractivity contribution in [3.8, 4) is 28.4 Å². The van der Waals surface area contributed by atoms with E-state index in [-0.39, 0.29) is 17.7 Å². The first-order valence-electron chi connectivity index (χ1n) is 7.80. The average molecular weight is 340 g/mol. The van der Waals surface area contributed by atoms with E-state index < -0.39 is 0 Å². The van der Waals surface area contributed by atoms with Crippen molar-refractivity contribution in [3.05, 3.63) is 42.5 Å². The molecule has 0 spiro atoms. The van der Waals surface area contributed by atoms with E-state index in [4.69, 9.17) is 25.4 Å². The monoisotopic (exact) mass is 340 g/mol. The Morgan fingerprint density at radius 2 is 1.92 bits per heavy atom. The van der Waals surface area contributed by atoms with Crippen LogP contribution in [-0.4, -0.2) is 17.1 Å². The normalized spacial score (nSPS) is 10.9. The molecule has 0 unspecified atom stereocenters. The molecule has 7 nitrogen and oxygen atoms in total. The van der Waals surface area contributed by atoms with Gasteiger partial charge in [-0.2, -0.15) is 4.98 Å².